The minimum absolute atomic E-state index is 0. The van der Waals surface area contributed by atoms with Crippen LogP contribution in [0.25, 0.3) is 0 Å². The average Bonchev–Trinajstić information content (AvgIpc) is 0.931. The molecule has 0 amide bonds. The van der Waals surface area contributed by atoms with Crippen LogP contribution in [0.5, 0.6) is 0 Å². The van der Waals surface area contributed by atoms with Gasteiger partial charge in [0.2, 0.25) is 0 Å². The van der Waals surface area contributed by atoms with Gasteiger partial charge in [-0.1, -0.05) is 0 Å². The fourth-order valence-corrected chi connectivity index (χ4v) is 7.11. The summed E-state index contributed by atoms with van der Waals surface area (Å²) in [6.07, 6.45) is -23.5. The number of carbonyl (C=O) groups excluding carboxylic acids is 5. The number of carboxylic acids is 30. The molecule has 0 aromatic rings. The maximum absolute atomic E-state index is 10.3. The van der Waals surface area contributed by atoms with Crippen molar-refractivity contribution in [1.82, 2.24) is 0 Å². The normalized spacial score (nSPS) is 10.4. The first-order chi connectivity index (χ1) is 57.8. The van der Waals surface area contributed by atoms with Gasteiger partial charge in [-0.2, -0.15) is 0 Å². The van der Waals surface area contributed by atoms with Crippen molar-refractivity contribution >= 4 is 179 Å². The van der Waals surface area contributed by atoms with E-state index in [-0.39, 0.29) is 148 Å². The molecule has 0 bridgehead atoms. The summed E-state index contributed by atoms with van der Waals surface area (Å²) in [6.45, 7) is 0. The molecular weight excluding hydrogens is 1960 g/mol. The molecule has 35 N–H and O–H groups in total. The van der Waals surface area contributed by atoms with E-state index in [1.54, 1.807) is 0 Å². The number of rotatable bonds is 50. The Morgan fingerprint density at radius 2 is 0.163 bits per heavy atom. The Labute approximate surface area is 852 Å². The van der Waals surface area contributed by atoms with Gasteiger partial charge in [0, 0.05) is 0 Å². The van der Waals surface area contributed by atoms with Crippen molar-refractivity contribution in [2.75, 3.05) is 0 Å². The van der Waals surface area contributed by atoms with Crippen molar-refractivity contribution in [1.29, 1.82) is 0 Å². The monoisotopic (exact) mass is 2030 g/mol. The van der Waals surface area contributed by atoms with Gasteiger partial charge in [0.25, 0.3) is 0 Å². The smallest absolute Gasteiger partial charge is 0.547 e. The zero-order chi connectivity index (χ0) is 106. The predicted octanol–water partition coefficient (Wildman–Crippen LogP) is -34.1. The third-order valence-electron chi connectivity index (χ3n) is 12.8. The molecule has 0 unspecified atom stereocenters. The molecule has 0 fully saturated rings. The molecule has 0 saturated carbocycles. The second kappa shape index (κ2) is 72.2. The van der Waals surface area contributed by atoms with Gasteiger partial charge in [0.15, 0.2) is 28.0 Å². The summed E-state index contributed by atoms with van der Waals surface area (Å²) >= 11 is 0. The maximum atomic E-state index is 10.3. The second-order valence-corrected chi connectivity index (χ2v) is 24.7. The molecule has 0 aromatic heterocycles. The summed E-state index contributed by atoms with van der Waals surface area (Å²) in [5.74, 6) is -51.8. The molecule has 740 valence electrons. The summed E-state index contributed by atoms with van der Waals surface area (Å²) < 4.78 is 0. The number of carbonyl (C=O) groups is 30. The molecular formula is C60H75Na5O70. The summed E-state index contributed by atoms with van der Waals surface area (Å²) in [5, 5.41) is 347. The Morgan fingerprint density at radius 3 is 0.193 bits per heavy atom. The molecule has 0 heterocycles. The topological polar surface area (TPSA) is 1340 Å². The van der Waals surface area contributed by atoms with Crippen molar-refractivity contribution < 1.29 is 496 Å². The zero-order valence-electron chi connectivity index (χ0n) is 69.1. The van der Waals surface area contributed by atoms with Gasteiger partial charge < -0.3 is 228 Å². The number of aliphatic carboxylic acids is 30. The Kier molecular flexibility index (Phi) is 84.2. The van der Waals surface area contributed by atoms with Gasteiger partial charge in [-0.25, -0.2) is 24.0 Å². The van der Waals surface area contributed by atoms with Gasteiger partial charge in [-0.15, -0.1) is 0 Å². The summed E-state index contributed by atoms with van der Waals surface area (Å²) in [6, 6.07) is 0. The first-order valence-corrected chi connectivity index (χ1v) is 31.6. The summed E-state index contributed by atoms with van der Waals surface area (Å²) in [4.78, 5) is 304. The number of hydrogen-bond donors (Lipinski definition) is 35. The summed E-state index contributed by atoms with van der Waals surface area (Å²) in [5.41, 5.74) is -27.9. The van der Waals surface area contributed by atoms with E-state index in [2.05, 4.69) is 0 Å². The van der Waals surface area contributed by atoms with E-state index in [1.807, 2.05) is 0 Å². The van der Waals surface area contributed by atoms with Crippen LogP contribution in [-0.4, -0.2) is 414 Å². The molecule has 0 aliphatic carbocycles. The molecule has 0 aliphatic heterocycles. The first-order valence-electron chi connectivity index (χ1n) is 31.6. The molecule has 0 aromatic carbocycles. The fourth-order valence-electron chi connectivity index (χ4n) is 7.11. The SMILES string of the molecule is O=C(O)CC(O)(CC(=O)O)C(=O)O.O=C(O)CC(O)(CC(=O)O)C(=O)O.O=C(O)CC(O)(CC(=O)O)C(=O)O.O=C(O)CC(O)(CC(=O)O)C(=O)O.O=C(O)CC(O)(CC(=O)O)C(=O)O.O=C(O)CC(O)(CC(=O)O)C(=O)[O-].O=C(O)CC(O)(CC(=O)O)C(=O)[O-].O=C(O)CC(O)(CC(=O)O)C(=O)[O-].O=C(O)CC(O)(CC(=O)O)C(=O)[O-].O=C(O)CC(O)(CC(=O)O)C(=O)[O-].[Na+].[Na+].[Na+].[Na+].[Na+]. The van der Waals surface area contributed by atoms with Crippen LogP contribution in [0.3, 0.4) is 0 Å². The standard InChI is InChI=1S/10C6H8O7.5Na/c10*7-3(8)1-6(13,5(11)12)2-4(9)10;;;;;/h10*13H,1-2H2,(H,7,8)(H,9,10)(H,11,12);;;;;/q;;;;;;;;;;5*+1/p-5. The molecule has 70 nitrogen and oxygen atoms in total. The molecule has 0 saturated heterocycles. The van der Waals surface area contributed by atoms with E-state index in [4.69, 9.17) is 179 Å². The number of carboxylic acid groups (broad SMARTS) is 30. The van der Waals surface area contributed by atoms with Crippen LogP contribution in [0.4, 0.5) is 0 Å². The summed E-state index contributed by atoms with van der Waals surface area (Å²) in [7, 11) is 0. The van der Waals surface area contributed by atoms with E-state index >= 15 is 0 Å². The van der Waals surface area contributed by atoms with Crippen LogP contribution in [0.2, 0.25) is 0 Å². The van der Waals surface area contributed by atoms with Gasteiger partial charge >= 0.3 is 297 Å². The number of hydrogen-bond acceptors (Lipinski definition) is 45. The van der Waals surface area contributed by atoms with E-state index in [0.29, 0.717) is 0 Å². The number of aliphatic hydroxyl groups is 10. The molecule has 0 radical (unpaired) electrons. The van der Waals surface area contributed by atoms with Crippen molar-refractivity contribution in [2.24, 2.45) is 0 Å². The zero-order valence-corrected chi connectivity index (χ0v) is 79.1. The minimum atomic E-state index is -2.85. The van der Waals surface area contributed by atoms with E-state index in [1.165, 1.54) is 0 Å². The van der Waals surface area contributed by atoms with Crippen LogP contribution >= 0.6 is 0 Å². The van der Waals surface area contributed by atoms with Crippen molar-refractivity contribution in [3.8, 4) is 0 Å². The van der Waals surface area contributed by atoms with Gasteiger partial charge in [0.05, 0.1) is 158 Å². The maximum Gasteiger partial charge on any atom is 1.00 e. The third kappa shape index (κ3) is 80.8. The molecule has 0 spiro atoms. The Morgan fingerprint density at radius 1 is 0.119 bits per heavy atom. The average molecular weight is 2030 g/mol. The first kappa shape index (κ1) is 158. The largest absolute Gasteiger partial charge is 1.00 e. The predicted molar refractivity (Wildman–Crippen MR) is 358 cm³/mol. The molecule has 0 atom stereocenters. The minimum Gasteiger partial charge on any atom is -0.547 e. The fraction of sp³-hybridized carbons (Fsp3) is 0.500. The van der Waals surface area contributed by atoms with Gasteiger partial charge in [-0.3, -0.25) is 95.9 Å². The van der Waals surface area contributed by atoms with Crippen LogP contribution in [0.1, 0.15) is 128 Å². The van der Waals surface area contributed by atoms with Crippen LogP contribution < -0.4 is 173 Å². The molecule has 135 heavy (non-hydrogen) atoms. The quantitative estimate of drug-likeness (QED) is 0.0252. The Balaban J connectivity index is -0.0000000908. The third-order valence-corrected chi connectivity index (χ3v) is 12.8. The van der Waals surface area contributed by atoms with Crippen LogP contribution in [0, 0.1) is 0 Å². The van der Waals surface area contributed by atoms with Crippen LogP contribution in [-0.2, 0) is 144 Å². The van der Waals surface area contributed by atoms with Crippen molar-refractivity contribution in [3.63, 3.8) is 0 Å². The van der Waals surface area contributed by atoms with Crippen molar-refractivity contribution in [3.05, 3.63) is 0 Å². The molecule has 0 rings (SSSR count). The van der Waals surface area contributed by atoms with E-state index in [0.717, 1.165) is 0 Å². The van der Waals surface area contributed by atoms with Crippen LogP contribution in [0.15, 0.2) is 0 Å². The molecule has 75 heteroatoms. The molecule has 0 aliphatic rings. The van der Waals surface area contributed by atoms with Crippen molar-refractivity contribution in [2.45, 2.75) is 184 Å². The second-order valence-electron chi connectivity index (χ2n) is 24.7. The van der Waals surface area contributed by atoms with E-state index < -0.39 is 364 Å². The Bertz CT molecular complexity index is 3170. The Hall–Kier alpha value is -11.3. The van der Waals surface area contributed by atoms with Gasteiger partial charge in [-0.05, 0) is 0 Å². The van der Waals surface area contributed by atoms with E-state index in [9.17, 15) is 169 Å². The van der Waals surface area contributed by atoms with Gasteiger partial charge in [0.1, 0.15) is 28.0 Å².